The quantitative estimate of drug-likeness (QED) is 0.686. The number of aryl methyl sites for hydroxylation is 1. The van der Waals surface area contributed by atoms with E-state index in [1.165, 1.54) is 5.56 Å². The molecule has 1 amide bonds. The van der Waals surface area contributed by atoms with E-state index in [1.807, 2.05) is 23.9 Å². The summed E-state index contributed by atoms with van der Waals surface area (Å²) >= 11 is 0. The summed E-state index contributed by atoms with van der Waals surface area (Å²) in [7, 11) is 0. The fraction of sp³-hybridized carbons (Fsp3) is 0.545. The molecule has 0 spiro atoms. The van der Waals surface area contributed by atoms with E-state index < -0.39 is 5.60 Å². The van der Waals surface area contributed by atoms with Crippen molar-refractivity contribution in [2.24, 2.45) is 0 Å². The van der Waals surface area contributed by atoms with Crippen molar-refractivity contribution in [2.75, 3.05) is 19.6 Å². The number of piperidine rings is 1. The zero-order chi connectivity index (χ0) is 20.1. The molecule has 0 bridgehead atoms. The van der Waals surface area contributed by atoms with Gasteiger partial charge in [0.05, 0.1) is 12.2 Å². The lowest BCUT2D eigenvalue weighted by Gasteiger charge is -2.38. The van der Waals surface area contributed by atoms with Crippen LogP contribution in [0.5, 0.6) is 0 Å². The van der Waals surface area contributed by atoms with Gasteiger partial charge < -0.3 is 15.3 Å². The van der Waals surface area contributed by atoms with Gasteiger partial charge in [0.2, 0.25) is 0 Å². The van der Waals surface area contributed by atoms with Crippen LogP contribution in [0.1, 0.15) is 49.4 Å². The number of rotatable bonds is 8. The lowest BCUT2D eigenvalue weighted by Crippen LogP contribution is -2.57. The molecule has 1 aliphatic heterocycles. The van der Waals surface area contributed by atoms with E-state index >= 15 is 0 Å². The molecular weight excluding hydrogens is 352 g/mol. The Morgan fingerprint density at radius 1 is 1.25 bits per heavy atom. The van der Waals surface area contributed by atoms with Crippen LogP contribution in [0.4, 0.5) is 0 Å². The van der Waals surface area contributed by atoms with Crippen LogP contribution < -0.4 is 5.32 Å². The van der Waals surface area contributed by atoms with Crippen LogP contribution in [0.15, 0.2) is 36.5 Å². The highest BCUT2D eigenvalue weighted by atomic mass is 16.3. The Labute approximate surface area is 167 Å². The van der Waals surface area contributed by atoms with Gasteiger partial charge in [0.25, 0.3) is 5.91 Å². The van der Waals surface area contributed by atoms with E-state index in [-0.39, 0.29) is 12.5 Å². The molecular formula is C22H32N4O2. The summed E-state index contributed by atoms with van der Waals surface area (Å²) in [4.78, 5) is 14.7. The van der Waals surface area contributed by atoms with Gasteiger partial charge in [-0.2, -0.15) is 5.10 Å². The molecule has 0 aliphatic carbocycles. The summed E-state index contributed by atoms with van der Waals surface area (Å²) in [6.45, 7) is 9.18. The van der Waals surface area contributed by atoms with Crippen molar-refractivity contribution in [3.63, 3.8) is 0 Å². The molecule has 1 atom stereocenters. The number of hydrogen-bond acceptors (Lipinski definition) is 4. The second-order valence-electron chi connectivity index (χ2n) is 8.16. The van der Waals surface area contributed by atoms with Gasteiger partial charge >= 0.3 is 0 Å². The van der Waals surface area contributed by atoms with E-state index in [1.54, 1.807) is 4.90 Å². The SMILES string of the molecule is Cc1ccn(CCNCC2(O)CCCN(Cc3ccc(C(C)C)cc3)C2=O)n1. The van der Waals surface area contributed by atoms with Gasteiger partial charge in [0.15, 0.2) is 5.60 Å². The van der Waals surface area contributed by atoms with Crippen molar-refractivity contribution in [3.8, 4) is 0 Å². The van der Waals surface area contributed by atoms with Gasteiger partial charge in [0.1, 0.15) is 0 Å². The van der Waals surface area contributed by atoms with Crippen LogP contribution in [0.25, 0.3) is 0 Å². The molecule has 28 heavy (non-hydrogen) atoms. The number of nitrogens with one attached hydrogen (secondary N) is 1. The Morgan fingerprint density at radius 3 is 2.64 bits per heavy atom. The van der Waals surface area contributed by atoms with Crippen LogP contribution in [-0.2, 0) is 17.9 Å². The average molecular weight is 385 g/mol. The van der Waals surface area contributed by atoms with E-state index in [0.717, 1.165) is 17.7 Å². The van der Waals surface area contributed by atoms with E-state index in [4.69, 9.17) is 0 Å². The third kappa shape index (κ3) is 5.00. The lowest BCUT2D eigenvalue weighted by atomic mass is 9.91. The van der Waals surface area contributed by atoms with Crippen LogP contribution in [0, 0.1) is 6.92 Å². The topological polar surface area (TPSA) is 70.4 Å². The van der Waals surface area contributed by atoms with Crippen molar-refractivity contribution in [1.82, 2.24) is 20.0 Å². The van der Waals surface area contributed by atoms with Crippen molar-refractivity contribution < 1.29 is 9.90 Å². The van der Waals surface area contributed by atoms with Gasteiger partial charge in [0, 0.05) is 32.4 Å². The first kappa shape index (κ1) is 20.6. The van der Waals surface area contributed by atoms with Crippen molar-refractivity contribution in [1.29, 1.82) is 0 Å². The number of carbonyl (C=O) groups excluding carboxylic acids is 1. The van der Waals surface area contributed by atoms with Crippen LogP contribution in [-0.4, -0.2) is 50.9 Å². The first-order chi connectivity index (χ1) is 13.4. The van der Waals surface area contributed by atoms with Crippen LogP contribution in [0.3, 0.4) is 0 Å². The number of carbonyl (C=O) groups is 1. The Kier molecular flexibility index (Phi) is 6.52. The first-order valence-electron chi connectivity index (χ1n) is 10.2. The summed E-state index contributed by atoms with van der Waals surface area (Å²) < 4.78 is 1.86. The monoisotopic (exact) mass is 384 g/mol. The van der Waals surface area contributed by atoms with Gasteiger partial charge in [-0.05, 0) is 42.9 Å². The maximum absolute atomic E-state index is 12.9. The Bertz CT molecular complexity index is 784. The molecule has 3 rings (SSSR count). The predicted molar refractivity (Wildman–Crippen MR) is 110 cm³/mol. The zero-order valence-corrected chi connectivity index (χ0v) is 17.2. The van der Waals surface area contributed by atoms with Crippen LogP contribution in [0.2, 0.25) is 0 Å². The molecule has 0 saturated carbocycles. The fourth-order valence-corrected chi connectivity index (χ4v) is 3.68. The van der Waals surface area contributed by atoms with E-state index in [9.17, 15) is 9.90 Å². The maximum Gasteiger partial charge on any atom is 0.256 e. The summed E-state index contributed by atoms with van der Waals surface area (Å²) in [6.07, 6.45) is 3.25. The normalized spacial score (nSPS) is 20.2. The second-order valence-corrected chi connectivity index (χ2v) is 8.16. The molecule has 1 saturated heterocycles. The predicted octanol–water partition coefficient (Wildman–Crippen LogP) is 2.46. The molecule has 6 nitrogen and oxygen atoms in total. The van der Waals surface area contributed by atoms with Gasteiger partial charge in [-0.1, -0.05) is 38.1 Å². The first-order valence-corrected chi connectivity index (χ1v) is 10.2. The summed E-state index contributed by atoms with van der Waals surface area (Å²) in [6, 6.07) is 10.4. The lowest BCUT2D eigenvalue weighted by molar-refractivity contribution is -0.157. The number of likely N-dealkylation sites (tertiary alicyclic amines) is 1. The molecule has 2 heterocycles. The Hall–Kier alpha value is -2.18. The number of benzene rings is 1. The number of aliphatic hydroxyl groups is 1. The molecule has 6 heteroatoms. The number of hydrogen-bond donors (Lipinski definition) is 2. The number of aromatic nitrogens is 2. The standard InChI is InChI=1S/C22H32N4O2/c1-17(2)20-7-5-19(6-8-20)15-25-12-4-10-22(28,21(25)27)16-23-11-14-26-13-9-18(3)24-26/h5-9,13,17,23,28H,4,10-12,14-16H2,1-3H3. The number of nitrogens with zero attached hydrogens (tertiary/aromatic N) is 3. The van der Waals surface area contributed by atoms with Gasteiger partial charge in [-0.15, -0.1) is 0 Å². The molecule has 1 unspecified atom stereocenters. The third-order valence-electron chi connectivity index (χ3n) is 5.43. The van der Waals surface area contributed by atoms with Gasteiger partial charge in [-0.3, -0.25) is 9.48 Å². The number of amides is 1. The van der Waals surface area contributed by atoms with Crippen molar-refractivity contribution >= 4 is 5.91 Å². The average Bonchev–Trinajstić information content (AvgIpc) is 3.08. The minimum absolute atomic E-state index is 0.172. The molecule has 1 aromatic heterocycles. The van der Waals surface area contributed by atoms with E-state index in [2.05, 4.69) is 48.5 Å². The highest BCUT2D eigenvalue weighted by molar-refractivity contribution is 5.86. The van der Waals surface area contributed by atoms with Crippen molar-refractivity contribution in [3.05, 3.63) is 53.3 Å². The third-order valence-corrected chi connectivity index (χ3v) is 5.43. The zero-order valence-electron chi connectivity index (χ0n) is 17.2. The van der Waals surface area contributed by atoms with Crippen LogP contribution >= 0.6 is 0 Å². The molecule has 1 aromatic carbocycles. The molecule has 1 aliphatic rings. The highest BCUT2D eigenvalue weighted by Gasteiger charge is 2.41. The molecule has 0 radical (unpaired) electrons. The molecule has 2 aromatic rings. The van der Waals surface area contributed by atoms with E-state index in [0.29, 0.717) is 38.5 Å². The smallest absolute Gasteiger partial charge is 0.256 e. The molecule has 152 valence electrons. The fourth-order valence-electron chi connectivity index (χ4n) is 3.68. The minimum Gasteiger partial charge on any atom is -0.379 e. The Balaban J connectivity index is 1.53. The van der Waals surface area contributed by atoms with Gasteiger partial charge in [-0.25, -0.2) is 0 Å². The Morgan fingerprint density at radius 2 is 2.00 bits per heavy atom. The van der Waals surface area contributed by atoms with Crippen molar-refractivity contribution in [2.45, 2.75) is 58.2 Å². The molecule has 2 N–H and O–H groups in total. The molecule has 1 fully saturated rings. The summed E-state index contributed by atoms with van der Waals surface area (Å²) in [5.74, 6) is 0.321. The second kappa shape index (κ2) is 8.88. The largest absolute Gasteiger partial charge is 0.379 e. The summed E-state index contributed by atoms with van der Waals surface area (Å²) in [5.41, 5.74) is 2.06. The summed E-state index contributed by atoms with van der Waals surface area (Å²) in [5, 5.41) is 18.5. The maximum atomic E-state index is 12.9. The highest BCUT2D eigenvalue weighted by Crippen LogP contribution is 2.24. The minimum atomic E-state index is -1.32.